The van der Waals surface area contributed by atoms with Crippen LogP contribution in [0.3, 0.4) is 0 Å². The van der Waals surface area contributed by atoms with E-state index in [0.29, 0.717) is 5.75 Å². The van der Waals surface area contributed by atoms with Gasteiger partial charge in [-0.2, -0.15) is 0 Å². The molecular formula is C10H11N3O4. The van der Waals surface area contributed by atoms with Gasteiger partial charge < -0.3 is 20.2 Å². The highest BCUT2D eigenvalue weighted by molar-refractivity contribution is 5.97. The first-order chi connectivity index (χ1) is 8.11. The van der Waals surface area contributed by atoms with E-state index in [1.807, 2.05) is 0 Å². The number of pyridine rings is 1. The first-order valence-electron chi connectivity index (χ1n) is 5.15. The predicted molar refractivity (Wildman–Crippen MR) is 57.9 cm³/mol. The fraction of sp³-hybridized carbons (Fsp3) is 0.400. The van der Waals surface area contributed by atoms with Crippen LogP contribution in [0.4, 0.5) is 5.82 Å². The molecule has 1 N–H and O–H groups in total. The highest BCUT2D eigenvalue weighted by Gasteiger charge is 2.27. The van der Waals surface area contributed by atoms with Crippen LogP contribution in [0.5, 0.6) is 5.75 Å². The lowest BCUT2D eigenvalue weighted by Crippen LogP contribution is -2.20. The SMILES string of the molecule is CNC(=O)c1cc(OC2CC2)cnc1[N+](=O)[O-]. The van der Waals surface area contributed by atoms with E-state index in [1.165, 1.54) is 19.3 Å². The summed E-state index contributed by atoms with van der Waals surface area (Å²) >= 11 is 0. The molecule has 0 atom stereocenters. The Morgan fingerprint density at radius 1 is 1.65 bits per heavy atom. The lowest BCUT2D eigenvalue weighted by Gasteiger charge is -2.05. The molecular weight excluding hydrogens is 226 g/mol. The van der Waals surface area contributed by atoms with Gasteiger partial charge in [-0.1, -0.05) is 0 Å². The van der Waals surface area contributed by atoms with Gasteiger partial charge in [0.05, 0.1) is 6.10 Å². The summed E-state index contributed by atoms with van der Waals surface area (Å²) in [6.07, 6.45) is 3.34. The summed E-state index contributed by atoms with van der Waals surface area (Å²) in [5, 5.41) is 13.0. The van der Waals surface area contributed by atoms with Gasteiger partial charge in [0.2, 0.25) is 0 Å². The molecule has 7 heteroatoms. The molecule has 0 saturated heterocycles. The second-order valence-electron chi connectivity index (χ2n) is 3.70. The minimum Gasteiger partial charge on any atom is -0.486 e. The van der Waals surface area contributed by atoms with Crippen LogP contribution in [-0.4, -0.2) is 29.0 Å². The second kappa shape index (κ2) is 4.36. The van der Waals surface area contributed by atoms with Crippen LogP contribution in [-0.2, 0) is 0 Å². The van der Waals surface area contributed by atoms with Crippen LogP contribution >= 0.6 is 0 Å². The Labute approximate surface area is 96.9 Å². The molecule has 0 spiro atoms. The Bertz CT molecular complexity index is 471. The Hall–Kier alpha value is -2.18. The number of carbonyl (C=O) groups is 1. The lowest BCUT2D eigenvalue weighted by molar-refractivity contribution is -0.389. The van der Waals surface area contributed by atoms with Crippen LogP contribution < -0.4 is 10.1 Å². The van der Waals surface area contributed by atoms with Crippen molar-refractivity contribution in [1.29, 1.82) is 0 Å². The van der Waals surface area contributed by atoms with Gasteiger partial charge in [-0.05, 0) is 22.7 Å². The molecule has 0 bridgehead atoms. The first kappa shape index (κ1) is 11.3. The Morgan fingerprint density at radius 3 is 2.88 bits per heavy atom. The summed E-state index contributed by atoms with van der Waals surface area (Å²) in [6, 6.07) is 1.35. The lowest BCUT2D eigenvalue weighted by atomic mass is 10.2. The second-order valence-corrected chi connectivity index (χ2v) is 3.70. The largest absolute Gasteiger partial charge is 0.486 e. The zero-order valence-corrected chi connectivity index (χ0v) is 9.17. The van der Waals surface area contributed by atoms with E-state index < -0.39 is 16.6 Å². The van der Waals surface area contributed by atoms with E-state index in [9.17, 15) is 14.9 Å². The monoisotopic (exact) mass is 237 g/mol. The molecule has 0 radical (unpaired) electrons. The summed E-state index contributed by atoms with van der Waals surface area (Å²) in [6.45, 7) is 0. The zero-order chi connectivity index (χ0) is 12.4. The van der Waals surface area contributed by atoms with Crippen molar-refractivity contribution in [2.75, 3.05) is 7.05 Å². The highest BCUT2D eigenvalue weighted by atomic mass is 16.6. The number of hydrogen-bond acceptors (Lipinski definition) is 5. The van der Waals surface area contributed by atoms with Crippen molar-refractivity contribution in [2.24, 2.45) is 0 Å². The molecule has 1 amide bonds. The molecule has 2 rings (SSSR count). The third-order valence-electron chi connectivity index (χ3n) is 2.31. The Kier molecular flexibility index (Phi) is 2.90. The summed E-state index contributed by atoms with van der Waals surface area (Å²) in [4.78, 5) is 25.1. The average molecular weight is 237 g/mol. The van der Waals surface area contributed by atoms with Crippen LogP contribution in [0.15, 0.2) is 12.3 Å². The number of nitrogens with zero attached hydrogens (tertiary/aromatic N) is 2. The molecule has 1 fully saturated rings. The van der Waals surface area contributed by atoms with Crippen LogP contribution in [0, 0.1) is 10.1 Å². The van der Waals surface area contributed by atoms with Gasteiger partial charge in [-0.15, -0.1) is 0 Å². The summed E-state index contributed by atoms with van der Waals surface area (Å²) in [5.41, 5.74) is -0.0874. The van der Waals surface area contributed by atoms with Crippen molar-refractivity contribution < 1.29 is 14.5 Å². The van der Waals surface area contributed by atoms with E-state index >= 15 is 0 Å². The molecule has 0 aliphatic heterocycles. The van der Waals surface area contributed by atoms with E-state index in [0.717, 1.165) is 12.8 Å². The number of amides is 1. The third-order valence-corrected chi connectivity index (χ3v) is 2.31. The van der Waals surface area contributed by atoms with Crippen LogP contribution in [0.25, 0.3) is 0 Å². The van der Waals surface area contributed by atoms with Crippen molar-refractivity contribution in [3.05, 3.63) is 27.9 Å². The van der Waals surface area contributed by atoms with Crippen molar-refractivity contribution >= 4 is 11.7 Å². The molecule has 1 saturated carbocycles. The summed E-state index contributed by atoms with van der Waals surface area (Å²) in [7, 11) is 1.40. The van der Waals surface area contributed by atoms with E-state index in [4.69, 9.17) is 4.74 Å². The average Bonchev–Trinajstić information content (AvgIpc) is 3.11. The quantitative estimate of drug-likeness (QED) is 0.619. The molecule has 1 heterocycles. The number of carbonyl (C=O) groups excluding carboxylic acids is 1. The standard InChI is InChI=1S/C10H11N3O4/c1-11-10(14)8-4-7(17-6-2-3-6)5-12-9(8)13(15)16/h4-6H,2-3H2,1H3,(H,11,14). The van der Waals surface area contributed by atoms with Gasteiger partial charge in [0, 0.05) is 13.1 Å². The zero-order valence-electron chi connectivity index (χ0n) is 9.17. The predicted octanol–water partition coefficient (Wildman–Crippen LogP) is 0.891. The first-order valence-corrected chi connectivity index (χ1v) is 5.15. The fourth-order valence-electron chi connectivity index (χ4n) is 1.33. The van der Waals surface area contributed by atoms with Gasteiger partial charge in [-0.3, -0.25) is 4.79 Å². The van der Waals surface area contributed by atoms with Crippen molar-refractivity contribution in [1.82, 2.24) is 10.3 Å². The van der Waals surface area contributed by atoms with Gasteiger partial charge >= 0.3 is 5.82 Å². The highest BCUT2D eigenvalue weighted by Crippen LogP contribution is 2.28. The molecule has 1 aromatic heterocycles. The molecule has 90 valence electrons. The number of nitro groups is 1. The van der Waals surface area contributed by atoms with E-state index in [2.05, 4.69) is 10.3 Å². The number of rotatable bonds is 4. The number of nitrogens with one attached hydrogen (secondary N) is 1. The molecule has 7 nitrogen and oxygen atoms in total. The van der Waals surface area contributed by atoms with Gasteiger partial charge in [0.15, 0.2) is 11.9 Å². The van der Waals surface area contributed by atoms with E-state index in [1.54, 1.807) is 0 Å². The summed E-state index contributed by atoms with van der Waals surface area (Å²) < 4.78 is 5.43. The smallest absolute Gasteiger partial charge is 0.376 e. The maximum absolute atomic E-state index is 11.5. The third kappa shape index (κ3) is 2.49. The summed E-state index contributed by atoms with van der Waals surface area (Å²) in [5.74, 6) is -0.630. The van der Waals surface area contributed by atoms with Gasteiger partial charge in [0.1, 0.15) is 5.56 Å². The normalized spacial score (nSPS) is 14.2. The van der Waals surface area contributed by atoms with Crippen molar-refractivity contribution in [3.8, 4) is 5.75 Å². The fourth-order valence-corrected chi connectivity index (χ4v) is 1.33. The molecule has 1 aliphatic carbocycles. The molecule has 1 aliphatic rings. The van der Waals surface area contributed by atoms with Crippen molar-refractivity contribution in [3.63, 3.8) is 0 Å². The molecule has 17 heavy (non-hydrogen) atoms. The van der Waals surface area contributed by atoms with Crippen molar-refractivity contribution in [2.45, 2.75) is 18.9 Å². The molecule has 0 unspecified atom stereocenters. The minimum atomic E-state index is -0.689. The number of hydrogen-bond donors (Lipinski definition) is 1. The van der Waals surface area contributed by atoms with Gasteiger partial charge in [-0.25, -0.2) is 0 Å². The Balaban J connectivity index is 2.34. The van der Waals surface area contributed by atoms with Gasteiger partial charge in [0.25, 0.3) is 5.91 Å². The van der Waals surface area contributed by atoms with Crippen LogP contribution in [0.2, 0.25) is 0 Å². The number of aromatic nitrogens is 1. The number of ether oxygens (including phenoxy) is 1. The van der Waals surface area contributed by atoms with Crippen LogP contribution in [0.1, 0.15) is 23.2 Å². The minimum absolute atomic E-state index is 0.0874. The van der Waals surface area contributed by atoms with E-state index in [-0.39, 0.29) is 11.7 Å². The maximum atomic E-state index is 11.5. The maximum Gasteiger partial charge on any atom is 0.376 e. The molecule has 1 aromatic rings. The molecule has 0 aromatic carbocycles. The topological polar surface area (TPSA) is 94.4 Å². The Morgan fingerprint density at radius 2 is 2.35 bits per heavy atom.